The van der Waals surface area contributed by atoms with Gasteiger partial charge in [0.2, 0.25) is 0 Å². The molecule has 1 heterocycles. The average molecular weight is 236 g/mol. The highest BCUT2D eigenvalue weighted by atomic mass is 32.2. The summed E-state index contributed by atoms with van der Waals surface area (Å²) >= 11 is 0. The Morgan fingerprint density at radius 2 is 2.00 bits per heavy atom. The summed E-state index contributed by atoms with van der Waals surface area (Å²) in [4.78, 5) is -0.778. The van der Waals surface area contributed by atoms with Crippen LogP contribution in [0.15, 0.2) is 17.0 Å². The maximum Gasteiger partial charge on any atom is 0.302 e. The predicted molar refractivity (Wildman–Crippen MR) is 44.3 cm³/mol. The molecule has 0 saturated heterocycles. The number of ether oxygens (including phenoxy) is 1. The van der Waals surface area contributed by atoms with E-state index in [1.165, 1.54) is 0 Å². The van der Waals surface area contributed by atoms with Crippen LogP contribution in [0.5, 0.6) is 0 Å². The van der Waals surface area contributed by atoms with E-state index in [9.17, 15) is 17.2 Å². The molecular weight excluding hydrogens is 230 g/mol. The van der Waals surface area contributed by atoms with Gasteiger partial charge in [-0.05, 0) is 6.07 Å². The quantitative estimate of drug-likeness (QED) is 0.634. The Morgan fingerprint density at radius 3 is 2.73 bits per heavy atom. The van der Waals surface area contributed by atoms with Crippen molar-refractivity contribution in [1.82, 2.24) is 0 Å². The standard InChI is InChI=1S/C8H6F2O4S/c9-6-2-1-5-3-13-4-14-15(11,12)8(5)7(6)10/h1-2H,3-4H2. The van der Waals surface area contributed by atoms with Gasteiger partial charge in [-0.3, -0.25) is 0 Å². The third-order valence-corrected chi connectivity index (χ3v) is 3.27. The molecule has 0 N–H and O–H groups in total. The van der Waals surface area contributed by atoms with E-state index in [2.05, 4.69) is 4.18 Å². The maximum atomic E-state index is 13.3. The topological polar surface area (TPSA) is 52.6 Å². The van der Waals surface area contributed by atoms with Crippen molar-refractivity contribution >= 4 is 10.1 Å². The zero-order chi connectivity index (χ0) is 11.1. The molecule has 4 nitrogen and oxygen atoms in total. The van der Waals surface area contributed by atoms with E-state index in [0.29, 0.717) is 0 Å². The first-order chi connectivity index (χ1) is 7.02. The van der Waals surface area contributed by atoms with Crippen LogP contribution in [0, 0.1) is 11.6 Å². The monoisotopic (exact) mass is 236 g/mol. The third kappa shape index (κ3) is 1.73. The SMILES string of the molecule is O=S1(=O)OCOCc2ccc(F)c(F)c21. The van der Waals surface area contributed by atoms with E-state index in [1.54, 1.807) is 0 Å². The van der Waals surface area contributed by atoms with Crippen molar-refractivity contribution in [3.63, 3.8) is 0 Å². The number of hydrogen-bond acceptors (Lipinski definition) is 4. The van der Waals surface area contributed by atoms with Crippen LogP contribution in [0.25, 0.3) is 0 Å². The molecule has 0 fully saturated rings. The van der Waals surface area contributed by atoms with Gasteiger partial charge in [0.1, 0.15) is 4.90 Å². The van der Waals surface area contributed by atoms with Crippen LogP contribution < -0.4 is 0 Å². The van der Waals surface area contributed by atoms with Crippen molar-refractivity contribution in [2.45, 2.75) is 11.5 Å². The summed E-state index contributed by atoms with van der Waals surface area (Å²) in [5, 5.41) is 0. The zero-order valence-corrected chi connectivity index (χ0v) is 8.18. The summed E-state index contributed by atoms with van der Waals surface area (Å²) in [7, 11) is -4.27. The predicted octanol–water partition coefficient (Wildman–Crippen LogP) is 1.16. The van der Waals surface area contributed by atoms with Crippen LogP contribution in [0.2, 0.25) is 0 Å². The molecule has 0 aromatic heterocycles. The molecule has 15 heavy (non-hydrogen) atoms. The Kier molecular flexibility index (Phi) is 2.45. The van der Waals surface area contributed by atoms with Crippen LogP contribution in [0.3, 0.4) is 0 Å². The molecule has 7 heteroatoms. The fourth-order valence-electron chi connectivity index (χ4n) is 1.26. The van der Waals surface area contributed by atoms with Crippen LogP contribution in [-0.4, -0.2) is 15.2 Å². The smallest absolute Gasteiger partial charge is 0.302 e. The fraction of sp³-hybridized carbons (Fsp3) is 0.250. The first-order valence-corrected chi connectivity index (χ1v) is 5.37. The second-order valence-corrected chi connectivity index (χ2v) is 4.44. The lowest BCUT2D eigenvalue weighted by molar-refractivity contribution is 0.0140. The van der Waals surface area contributed by atoms with Crippen molar-refractivity contribution in [2.75, 3.05) is 6.79 Å². The summed E-state index contributed by atoms with van der Waals surface area (Å²) in [5.41, 5.74) is 0.0476. The van der Waals surface area contributed by atoms with Gasteiger partial charge in [-0.25, -0.2) is 13.0 Å². The van der Waals surface area contributed by atoms with Crippen molar-refractivity contribution in [3.05, 3.63) is 29.3 Å². The van der Waals surface area contributed by atoms with Crippen molar-refractivity contribution in [3.8, 4) is 0 Å². The molecule has 2 rings (SSSR count). The van der Waals surface area contributed by atoms with Gasteiger partial charge in [-0.2, -0.15) is 8.42 Å². The first kappa shape index (κ1) is 10.5. The molecule has 1 aliphatic heterocycles. The number of benzene rings is 1. The highest BCUT2D eigenvalue weighted by Crippen LogP contribution is 2.26. The van der Waals surface area contributed by atoms with Crippen LogP contribution in [-0.2, 0) is 25.6 Å². The van der Waals surface area contributed by atoms with Crippen molar-refractivity contribution < 1.29 is 26.1 Å². The van der Waals surface area contributed by atoms with E-state index in [0.717, 1.165) is 12.1 Å². The van der Waals surface area contributed by atoms with Gasteiger partial charge < -0.3 is 4.74 Å². The Morgan fingerprint density at radius 1 is 1.27 bits per heavy atom. The van der Waals surface area contributed by atoms with Crippen LogP contribution in [0.1, 0.15) is 5.56 Å². The lowest BCUT2D eigenvalue weighted by Crippen LogP contribution is -2.09. The lowest BCUT2D eigenvalue weighted by Gasteiger charge is -2.05. The minimum atomic E-state index is -4.27. The van der Waals surface area contributed by atoms with Crippen LogP contribution >= 0.6 is 0 Å². The van der Waals surface area contributed by atoms with Crippen LogP contribution in [0.4, 0.5) is 8.78 Å². The Bertz CT molecular complexity index is 498. The second-order valence-electron chi connectivity index (χ2n) is 2.89. The Hall–Kier alpha value is -1.05. The van der Waals surface area contributed by atoms with Gasteiger partial charge in [-0.1, -0.05) is 6.07 Å². The third-order valence-electron chi connectivity index (χ3n) is 1.93. The largest absolute Gasteiger partial charge is 0.349 e. The van der Waals surface area contributed by atoms with E-state index >= 15 is 0 Å². The van der Waals surface area contributed by atoms with Gasteiger partial charge in [0.15, 0.2) is 18.4 Å². The molecular formula is C8H6F2O4S. The average Bonchev–Trinajstić information content (AvgIpc) is 2.31. The number of hydrogen-bond donors (Lipinski definition) is 0. The first-order valence-electron chi connectivity index (χ1n) is 3.96. The Labute approximate surface area is 84.5 Å². The molecule has 0 radical (unpaired) electrons. The normalized spacial score (nSPS) is 19.3. The summed E-state index contributed by atoms with van der Waals surface area (Å²) in [6.45, 7) is -0.635. The lowest BCUT2D eigenvalue weighted by atomic mass is 10.2. The van der Waals surface area contributed by atoms with E-state index in [4.69, 9.17) is 4.74 Å². The molecule has 82 valence electrons. The number of rotatable bonds is 0. The van der Waals surface area contributed by atoms with Gasteiger partial charge in [0, 0.05) is 5.56 Å². The van der Waals surface area contributed by atoms with E-state index in [1.807, 2.05) is 0 Å². The molecule has 0 aliphatic carbocycles. The molecule has 0 spiro atoms. The minimum Gasteiger partial charge on any atom is -0.349 e. The van der Waals surface area contributed by atoms with Gasteiger partial charge >= 0.3 is 10.1 Å². The molecule has 0 atom stereocenters. The summed E-state index contributed by atoms with van der Waals surface area (Å²) < 4.78 is 57.9. The van der Waals surface area contributed by atoms with Gasteiger partial charge in [0.05, 0.1) is 6.61 Å². The fourth-order valence-corrected chi connectivity index (χ4v) is 2.34. The van der Waals surface area contributed by atoms with Gasteiger partial charge in [0.25, 0.3) is 0 Å². The summed E-state index contributed by atoms with van der Waals surface area (Å²) in [6, 6.07) is 2.00. The van der Waals surface area contributed by atoms with Gasteiger partial charge in [-0.15, -0.1) is 0 Å². The minimum absolute atomic E-state index is 0.0476. The number of fused-ring (bicyclic) bond motifs is 1. The van der Waals surface area contributed by atoms with E-state index in [-0.39, 0.29) is 12.2 Å². The number of halogens is 2. The summed E-state index contributed by atoms with van der Waals surface area (Å²) in [6.07, 6.45) is 0. The second kappa shape index (κ2) is 3.51. The zero-order valence-electron chi connectivity index (χ0n) is 7.37. The summed E-state index contributed by atoms with van der Waals surface area (Å²) in [5.74, 6) is -2.67. The molecule has 0 unspecified atom stereocenters. The molecule has 1 aromatic rings. The Balaban J connectivity index is 2.75. The highest BCUT2D eigenvalue weighted by Gasteiger charge is 2.29. The highest BCUT2D eigenvalue weighted by molar-refractivity contribution is 7.86. The molecule has 0 amide bonds. The molecule has 0 bridgehead atoms. The van der Waals surface area contributed by atoms with Crippen molar-refractivity contribution in [2.24, 2.45) is 0 Å². The molecule has 0 saturated carbocycles. The molecule has 1 aromatic carbocycles. The van der Waals surface area contributed by atoms with E-state index < -0.39 is 33.4 Å². The maximum absolute atomic E-state index is 13.3. The molecule has 1 aliphatic rings. The van der Waals surface area contributed by atoms with Crippen molar-refractivity contribution in [1.29, 1.82) is 0 Å².